The second kappa shape index (κ2) is 10.9. The van der Waals surface area contributed by atoms with Gasteiger partial charge in [0.1, 0.15) is 0 Å². The molecule has 0 bridgehead atoms. The predicted octanol–water partition coefficient (Wildman–Crippen LogP) is 4.59. The van der Waals surface area contributed by atoms with Gasteiger partial charge in [-0.15, -0.1) is 0 Å². The summed E-state index contributed by atoms with van der Waals surface area (Å²) in [6, 6.07) is 11.6. The Morgan fingerprint density at radius 2 is 2.03 bits per heavy atom. The normalized spacial score (nSPS) is 18.8. The Kier molecular flexibility index (Phi) is 7.23. The zero-order valence-corrected chi connectivity index (χ0v) is 20.5. The molecule has 5 rings (SSSR count). The molecular formula is C27H31N7O2. The van der Waals surface area contributed by atoms with Crippen LogP contribution in [0.4, 0.5) is 11.6 Å². The molecule has 1 aromatic carbocycles. The molecule has 1 N–H and O–H groups in total. The van der Waals surface area contributed by atoms with Gasteiger partial charge in [0.15, 0.2) is 0 Å². The van der Waals surface area contributed by atoms with Crippen LogP contribution in [0.5, 0.6) is 0 Å². The van der Waals surface area contributed by atoms with Gasteiger partial charge in [0, 0.05) is 49.4 Å². The zero-order chi connectivity index (χ0) is 24.9. The number of hydrogen-bond donors (Lipinski definition) is 1. The van der Waals surface area contributed by atoms with Crippen LogP contribution in [0.15, 0.2) is 48.9 Å². The van der Waals surface area contributed by atoms with E-state index >= 15 is 0 Å². The molecule has 36 heavy (non-hydrogen) atoms. The van der Waals surface area contributed by atoms with E-state index in [0.29, 0.717) is 36.9 Å². The fourth-order valence-corrected chi connectivity index (χ4v) is 5.26. The van der Waals surface area contributed by atoms with Crippen LogP contribution >= 0.6 is 0 Å². The highest BCUT2D eigenvalue weighted by Crippen LogP contribution is 2.36. The molecule has 1 aliphatic heterocycles. The van der Waals surface area contributed by atoms with Crippen LogP contribution < -0.4 is 5.32 Å². The van der Waals surface area contributed by atoms with Gasteiger partial charge < -0.3 is 15.0 Å². The number of nitrogens with zero attached hydrogens (tertiary/aromatic N) is 6. The number of ether oxygens (including phenoxy) is 1. The average Bonchev–Trinajstić information content (AvgIpc) is 3.69. The second-order valence-corrected chi connectivity index (χ2v) is 9.55. The minimum atomic E-state index is 0.0173. The van der Waals surface area contributed by atoms with E-state index in [-0.39, 0.29) is 18.1 Å². The number of nitriles is 1. The van der Waals surface area contributed by atoms with Gasteiger partial charge in [0.25, 0.3) is 5.91 Å². The Bertz CT molecular complexity index is 1230. The number of likely N-dealkylation sites (tertiary alicyclic amines) is 1. The molecule has 9 heteroatoms. The number of anilines is 2. The van der Waals surface area contributed by atoms with E-state index in [4.69, 9.17) is 4.74 Å². The summed E-state index contributed by atoms with van der Waals surface area (Å²) in [6.45, 7) is 1.34. The number of benzene rings is 1. The summed E-state index contributed by atoms with van der Waals surface area (Å²) in [5, 5.41) is 17.1. The van der Waals surface area contributed by atoms with Gasteiger partial charge in [-0.2, -0.15) is 10.4 Å². The van der Waals surface area contributed by atoms with E-state index < -0.39 is 0 Å². The van der Waals surface area contributed by atoms with Crippen molar-refractivity contribution in [3.05, 3.63) is 54.5 Å². The standard InChI is InChI=1S/C27H31N7O2/c1-36-23-12-15-33(18-23)26(35)20-6-8-22(9-7-20)31-27-29-14-11-24(32-27)21-16-30-34(17-21)25(10-13-28)19-4-2-3-5-19/h6-9,11,14,16-17,19,23,25H,2-5,10,12,15,18H2,1H3,(H,29,31,32). The molecule has 0 spiro atoms. The van der Waals surface area contributed by atoms with E-state index in [1.165, 1.54) is 12.8 Å². The summed E-state index contributed by atoms with van der Waals surface area (Å²) < 4.78 is 7.30. The molecular weight excluding hydrogens is 454 g/mol. The molecule has 1 aliphatic carbocycles. The number of aromatic nitrogens is 4. The largest absolute Gasteiger partial charge is 0.380 e. The predicted molar refractivity (Wildman–Crippen MR) is 136 cm³/mol. The maximum Gasteiger partial charge on any atom is 0.253 e. The van der Waals surface area contributed by atoms with E-state index in [2.05, 4.69) is 26.5 Å². The van der Waals surface area contributed by atoms with Gasteiger partial charge in [0.05, 0.1) is 36.5 Å². The molecule has 186 valence electrons. The van der Waals surface area contributed by atoms with Crippen LogP contribution in [0, 0.1) is 17.2 Å². The molecule has 2 atom stereocenters. The highest BCUT2D eigenvalue weighted by atomic mass is 16.5. The monoisotopic (exact) mass is 485 g/mol. The van der Waals surface area contributed by atoms with E-state index in [1.54, 1.807) is 19.5 Å². The Morgan fingerprint density at radius 1 is 1.22 bits per heavy atom. The molecule has 3 heterocycles. The molecule has 1 saturated heterocycles. The van der Waals surface area contributed by atoms with Crippen LogP contribution in [0.25, 0.3) is 11.3 Å². The molecule has 1 amide bonds. The second-order valence-electron chi connectivity index (χ2n) is 9.55. The fourth-order valence-electron chi connectivity index (χ4n) is 5.26. The van der Waals surface area contributed by atoms with Crippen molar-refractivity contribution in [2.45, 2.75) is 50.7 Å². The minimum Gasteiger partial charge on any atom is -0.380 e. The van der Waals surface area contributed by atoms with Gasteiger partial charge in [-0.3, -0.25) is 9.48 Å². The van der Waals surface area contributed by atoms with Crippen molar-refractivity contribution < 1.29 is 9.53 Å². The van der Waals surface area contributed by atoms with Crippen molar-refractivity contribution >= 4 is 17.5 Å². The lowest BCUT2D eigenvalue weighted by atomic mass is 9.96. The van der Waals surface area contributed by atoms with Crippen LogP contribution in [0.3, 0.4) is 0 Å². The SMILES string of the molecule is COC1CCN(C(=O)c2ccc(Nc3nccc(-c4cnn(C(CC#N)C5CCCC5)c4)n3)cc2)C1. The number of hydrogen-bond acceptors (Lipinski definition) is 7. The number of carbonyl (C=O) groups is 1. The molecule has 2 fully saturated rings. The lowest BCUT2D eigenvalue weighted by Crippen LogP contribution is -2.29. The van der Waals surface area contributed by atoms with Crippen molar-refractivity contribution in [1.29, 1.82) is 5.26 Å². The fraction of sp³-hybridized carbons (Fsp3) is 0.444. The van der Waals surface area contributed by atoms with Gasteiger partial charge in [-0.1, -0.05) is 12.8 Å². The third-order valence-electron chi connectivity index (χ3n) is 7.29. The minimum absolute atomic E-state index is 0.0173. The Labute approximate surface area is 211 Å². The first kappa shape index (κ1) is 23.9. The maximum atomic E-state index is 12.8. The first-order valence-electron chi connectivity index (χ1n) is 12.6. The van der Waals surface area contributed by atoms with Crippen molar-refractivity contribution in [2.75, 3.05) is 25.5 Å². The lowest BCUT2D eigenvalue weighted by molar-refractivity contribution is 0.0724. The molecule has 9 nitrogen and oxygen atoms in total. The van der Waals surface area contributed by atoms with E-state index in [1.807, 2.05) is 46.1 Å². The quantitative estimate of drug-likeness (QED) is 0.497. The number of rotatable bonds is 8. The molecule has 2 aromatic heterocycles. The van der Waals surface area contributed by atoms with Crippen LogP contribution in [-0.2, 0) is 4.74 Å². The smallest absolute Gasteiger partial charge is 0.253 e. The zero-order valence-electron chi connectivity index (χ0n) is 20.5. The highest BCUT2D eigenvalue weighted by molar-refractivity contribution is 5.94. The molecule has 0 radical (unpaired) electrons. The first-order chi connectivity index (χ1) is 17.6. The summed E-state index contributed by atoms with van der Waals surface area (Å²) in [5.41, 5.74) is 3.09. The third-order valence-corrected chi connectivity index (χ3v) is 7.29. The summed E-state index contributed by atoms with van der Waals surface area (Å²) >= 11 is 0. The summed E-state index contributed by atoms with van der Waals surface area (Å²) in [5.74, 6) is 0.983. The Hall–Kier alpha value is -3.77. The Balaban J connectivity index is 1.26. The highest BCUT2D eigenvalue weighted by Gasteiger charge is 2.28. The summed E-state index contributed by atoms with van der Waals surface area (Å²) in [4.78, 5) is 23.6. The van der Waals surface area contributed by atoms with Gasteiger partial charge in [-0.05, 0) is 55.5 Å². The van der Waals surface area contributed by atoms with E-state index in [9.17, 15) is 10.1 Å². The van der Waals surface area contributed by atoms with Crippen molar-refractivity contribution in [2.24, 2.45) is 5.92 Å². The van der Waals surface area contributed by atoms with Gasteiger partial charge >= 0.3 is 0 Å². The topological polar surface area (TPSA) is 109 Å². The van der Waals surface area contributed by atoms with Gasteiger partial charge in [-0.25, -0.2) is 9.97 Å². The van der Waals surface area contributed by atoms with Crippen molar-refractivity contribution in [1.82, 2.24) is 24.6 Å². The summed E-state index contributed by atoms with van der Waals surface area (Å²) in [7, 11) is 1.68. The number of nitrogens with one attached hydrogen (secondary N) is 1. The number of amides is 1. The molecule has 1 saturated carbocycles. The Morgan fingerprint density at radius 3 is 2.75 bits per heavy atom. The molecule has 2 aliphatic rings. The third kappa shape index (κ3) is 5.24. The van der Waals surface area contributed by atoms with Crippen molar-refractivity contribution in [3.63, 3.8) is 0 Å². The van der Waals surface area contributed by atoms with Crippen LogP contribution in [0.2, 0.25) is 0 Å². The van der Waals surface area contributed by atoms with Gasteiger partial charge in [0.2, 0.25) is 5.95 Å². The number of carbonyl (C=O) groups excluding carboxylic acids is 1. The van der Waals surface area contributed by atoms with E-state index in [0.717, 1.165) is 36.2 Å². The average molecular weight is 486 g/mol. The van der Waals surface area contributed by atoms with Crippen LogP contribution in [-0.4, -0.2) is 56.9 Å². The molecule has 2 unspecified atom stereocenters. The lowest BCUT2D eigenvalue weighted by Gasteiger charge is -2.21. The molecule has 3 aromatic rings. The van der Waals surface area contributed by atoms with Crippen LogP contribution in [0.1, 0.15) is 54.9 Å². The van der Waals surface area contributed by atoms with Crippen molar-refractivity contribution in [3.8, 4) is 17.3 Å². The first-order valence-corrected chi connectivity index (χ1v) is 12.6. The summed E-state index contributed by atoms with van der Waals surface area (Å²) in [6.07, 6.45) is 11.7. The maximum absolute atomic E-state index is 12.8. The number of methoxy groups -OCH3 is 1.